The van der Waals surface area contributed by atoms with Crippen LogP contribution < -0.4 is 0 Å². The van der Waals surface area contributed by atoms with Crippen LogP contribution in [0.5, 0.6) is 0 Å². The zero-order valence-electron chi connectivity index (χ0n) is 10.3. The summed E-state index contributed by atoms with van der Waals surface area (Å²) in [6.07, 6.45) is 1.25. The van der Waals surface area contributed by atoms with Crippen LogP contribution in [0.15, 0.2) is 35.2 Å². The Kier molecular flexibility index (Phi) is 3.85. The smallest absolute Gasteiger partial charge is 0.304 e. The largest absolute Gasteiger partial charge is 0.481 e. The topological polar surface area (TPSA) is 71.4 Å². The van der Waals surface area contributed by atoms with E-state index in [1.807, 2.05) is 0 Å². The SMILES string of the molecule is CC(CC(=O)O)SC1=CC(=O)c2ccccc2C1=O. The second-order valence-corrected chi connectivity index (χ2v) is 5.75. The zero-order valence-corrected chi connectivity index (χ0v) is 11.1. The molecule has 1 N–H and O–H groups in total. The number of Topliss-reactive ketones (excluding diaryl/α,β-unsaturated/α-hetero) is 1. The number of hydrogen-bond donors (Lipinski definition) is 1. The van der Waals surface area contributed by atoms with Crippen molar-refractivity contribution in [3.05, 3.63) is 46.4 Å². The van der Waals surface area contributed by atoms with Gasteiger partial charge < -0.3 is 5.11 Å². The third kappa shape index (κ3) is 2.93. The van der Waals surface area contributed by atoms with Gasteiger partial charge in [0.15, 0.2) is 11.6 Å². The maximum Gasteiger partial charge on any atom is 0.304 e. The number of rotatable bonds is 4. The van der Waals surface area contributed by atoms with Gasteiger partial charge >= 0.3 is 5.97 Å². The summed E-state index contributed by atoms with van der Waals surface area (Å²) in [5, 5.41) is 8.45. The summed E-state index contributed by atoms with van der Waals surface area (Å²) in [6.45, 7) is 1.72. The van der Waals surface area contributed by atoms with Gasteiger partial charge in [0.25, 0.3) is 0 Å². The van der Waals surface area contributed by atoms with Gasteiger partial charge in [0.05, 0.1) is 11.3 Å². The third-order valence-electron chi connectivity index (χ3n) is 2.71. The first kappa shape index (κ1) is 13.5. The summed E-state index contributed by atoms with van der Waals surface area (Å²) in [5.74, 6) is -1.34. The van der Waals surface area contributed by atoms with E-state index < -0.39 is 5.97 Å². The molecule has 0 heterocycles. The van der Waals surface area contributed by atoms with Crippen LogP contribution in [0.25, 0.3) is 0 Å². The number of thioether (sulfide) groups is 1. The van der Waals surface area contributed by atoms with Crippen molar-refractivity contribution in [2.75, 3.05) is 0 Å². The van der Waals surface area contributed by atoms with E-state index in [9.17, 15) is 14.4 Å². The first-order chi connectivity index (χ1) is 8.99. The van der Waals surface area contributed by atoms with Crippen LogP contribution in [0.2, 0.25) is 0 Å². The van der Waals surface area contributed by atoms with Crippen LogP contribution in [0, 0.1) is 0 Å². The van der Waals surface area contributed by atoms with Crippen molar-refractivity contribution >= 4 is 29.3 Å². The quantitative estimate of drug-likeness (QED) is 0.915. The minimum atomic E-state index is -0.921. The van der Waals surface area contributed by atoms with E-state index in [-0.39, 0.29) is 23.2 Å². The van der Waals surface area contributed by atoms with Gasteiger partial charge in [-0.2, -0.15) is 0 Å². The van der Waals surface area contributed by atoms with Crippen molar-refractivity contribution in [1.29, 1.82) is 0 Å². The van der Waals surface area contributed by atoms with E-state index in [1.54, 1.807) is 31.2 Å². The molecule has 1 aromatic carbocycles. The summed E-state index contributed by atoms with van der Waals surface area (Å²) < 4.78 is 0. The van der Waals surface area contributed by atoms with Crippen LogP contribution in [0.3, 0.4) is 0 Å². The summed E-state index contributed by atoms with van der Waals surface area (Å²) >= 11 is 1.13. The first-order valence-electron chi connectivity index (χ1n) is 5.77. The van der Waals surface area contributed by atoms with Gasteiger partial charge in [0, 0.05) is 22.5 Å². The highest BCUT2D eigenvalue weighted by atomic mass is 32.2. The van der Waals surface area contributed by atoms with Gasteiger partial charge in [-0.3, -0.25) is 14.4 Å². The van der Waals surface area contributed by atoms with Crippen LogP contribution in [-0.2, 0) is 4.79 Å². The Morgan fingerprint density at radius 3 is 2.53 bits per heavy atom. The lowest BCUT2D eigenvalue weighted by Crippen LogP contribution is -2.17. The molecule has 1 unspecified atom stereocenters. The summed E-state index contributed by atoms with van der Waals surface area (Å²) in [4.78, 5) is 35.0. The molecule has 1 aliphatic rings. The molecule has 98 valence electrons. The summed E-state index contributed by atoms with van der Waals surface area (Å²) in [5.41, 5.74) is 0.794. The molecule has 1 aromatic rings. The normalized spacial score (nSPS) is 15.7. The van der Waals surface area contributed by atoms with E-state index in [1.165, 1.54) is 6.08 Å². The fourth-order valence-electron chi connectivity index (χ4n) is 1.88. The third-order valence-corrected chi connectivity index (χ3v) is 3.84. The van der Waals surface area contributed by atoms with Gasteiger partial charge in [-0.15, -0.1) is 11.8 Å². The second kappa shape index (κ2) is 5.40. The van der Waals surface area contributed by atoms with E-state index in [2.05, 4.69) is 0 Å². The number of ketones is 2. The molecular formula is C14H12O4S. The van der Waals surface area contributed by atoms with Crippen LogP contribution in [-0.4, -0.2) is 27.9 Å². The number of fused-ring (bicyclic) bond motifs is 1. The molecule has 0 saturated carbocycles. The molecule has 0 radical (unpaired) electrons. The molecule has 0 spiro atoms. The molecule has 0 bridgehead atoms. The summed E-state index contributed by atoms with van der Waals surface area (Å²) in [6, 6.07) is 6.65. The Labute approximate surface area is 114 Å². The molecule has 0 amide bonds. The number of carbonyl (C=O) groups excluding carboxylic acids is 2. The fourth-order valence-corrected chi connectivity index (χ4v) is 2.93. The zero-order chi connectivity index (χ0) is 14.0. The molecule has 1 atom stereocenters. The van der Waals surface area contributed by atoms with Gasteiger partial charge in [0.1, 0.15) is 0 Å². The Morgan fingerprint density at radius 2 is 1.89 bits per heavy atom. The maximum atomic E-state index is 12.2. The number of aliphatic carboxylic acids is 1. The van der Waals surface area contributed by atoms with Crippen LogP contribution in [0.1, 0.15) is 34.1 Å². The molecule has 0 aliphatic heterocycles. The molecule has 0 aromatic heterocycles. The Balaban J connectivity index is 2.23. The average molecular weight is 276 g/mol. The Hall–Kier alpha value is -1.88. The molecule has 0 saturated heterocycles. The van der Waals surface area contributed by atoms with Gasteiger partial charge in [-0.05, 0) is 0 Å². The van der Waals surface area contributed by atoms with E-state index in [4.69, 9.17) is 5.11 Å². The lowest BCUT2D eigenvalue weighted by atomic mass is 9.95. The maximum absolute atomic E-state index is 12.2. The van der Waals surface area contributed by atoms with Gasteiger partial charge in [-0.25, -0.2) is 0 Å². The van der Waals surface area contributed by atoms with E-state index >= 15 is 0 Å². The molecule has 4 nitrogen and oxygen atoms in total. The average Bonchev–Trinajstić information content (AvgIpc) is 2.34. The molecule has 0 fully saturated rings. The first-order valence-corrected chi connectivity index (χ1v) is 6.65. The van der Waals surface area contributed by atoms with Crippen molar-refractivity contribution < 1.29 is 19.5 Å². The van der Waals surface area contributed by atoms with Crippen molar-refractivity contribution in [2.24, 2.45) is 0 Å². The lowest BCUT2D eigenvalue weighted by Gasteiger charge is -2.16. The van der Waals surface area contributed by atoms with Gasteiger partial charge in [0.2, 0.25) is 0 Å². The van der Waals surface area contributed by atoms with Gasteiger partial charge in [-0.1, -0.05) is 31.2 Å². The number of carbonyl (C=O) groups is 3. The Bertz CT molecular complexity index is 589. The number of carboxylic acids is 1. The number of carboxylic acid groups (broad SMARTS) is 1. The van der Waals surface area contributed by atoms with E-state index in [0.29, 0.717) is 16.0 Å². The van der Waals surface area contributed by atoms with Crippen molar-refractivity contribution in [3.8, 4) is 0 Å². The van der Waals surface area contributed by atoms with Crippen molar-refractivity contribution in [1.82, 2.24) is 0 Å². The highest BCUT2D eigenvalue weighted by Gasteiger charge is 2.26. The van der Waals surface area contributed by atoms with E-state index in [0.717, 1.165) is 11.8 Å². The predicted octanol–water partition coefficient (Wildman–Crippen LogP) is 2.55. The highest BCUT2D eigenvalue weighted by molar-refractivity contribution is 8.04. The lowest BCUT2D eigenvalue weighted by molar-refractivity contribution is -0.136. The standard InChI is InChI=1S/C14H12O4S/c1-8(6-13(16)17)19-12-7-11(15)9-4-2-3-5-10(9)14(12)18/h2-5,7-8H,6H2,1H3,(H,16,17). The molecule has 1 aliphatic carbocycles. The molecular weight excluding hydrogens is 264 g/mol. The Morgan fingerprint density at radius 1 is 1.26 bits per heavy atom. The van der Waals surface area contributed by atoms with Crippen molar-refractivity contribution in [2.45, 2.75) is 18.6 Å². The number of benzene rings is 1. The monoisotopic (exact) mass is 276 g/mol. The number of hydrogen-bond acceptors (Lipinski definition) is 4. The fraction of sp³-hybridized carbons (Fsp3) is 0.214. The van der Waals surface area contributed by atoms with Crippen LogP contribution >= 0.6 is 11.8 Å². The van der Waals surface area contributed by atoms with Crippen LogP contribution in [0.4, 0.5) is 0 Å². The summed E-state index contributed by atoms with van der Waals surface area (Å²) in [7, 11) is 0. The minimum Gasteiger partial charge on any atom is -0.481 e. The predicted molar refractivity (Wildman–Crippen MR) is 72.5 cm³/mol. The highest BCUT2D eigenvalue weighted by Crippen LogP contribution is 2.31. The second-order valence-electron chi connectivity index (χ2n) is 4.27. The molecule has 19 heavy (non-hydrogen) atoms. The minimum absolute atomic E-state index is 0.0505. The number of allylic oxidation sites excluding steroid dienone is 2. The molecule has 5 heteroatoms. The molecule has 2 rings (SSSR count). The van der Waals surface area contributed by atoms with Crippen molar-refractivity contribution in [3.63, 3.8) is 0 Å².